The van der Waals surface area contributed by atoms with E-state index >= 15 is 0 Å². The van der Waals surface area contributed by atoms with Crippen LogP contribution < -0.4 is 9.64 Å². The van der Waals surface area contributed by atoms with Crippen molar-refractivity contribution in [2.24, 2.45) is 0 Å². The van der Waals surface area contributed by atoms with Crippen LogP contribution in [0.3, 0.4) is 0 Å². The van der Waals surface area contributed by atoms with Gasteiger partial charge < -0.3 is 19.1 Å². The number of rotatable bonds is 7. The van der Waals surface area contributed by atoms with Crippen LogP contribution in [-0.2, 0) is 19.5 Å². The summed E-state index contributed by atoms with van der Waals surface area (Å²) < 4.78 is 47.0. The van der Waals surface area contributed by atoms with Crippen LogP contribution in [0.2, 0.25) is 0 Å². The van der Waals surface area contributed by atoms with Gasteiger partial charge in [0.25, 0.3) is 10.0 Å². The molecular weight excluding hydrogens is 602 g/mol. The van der Waals surface area contributed by atoms with E-state index in [2.05, 4.69) is 20.9 Å². The van der Waals surface area contributed by atoms with Crippen molar-refractivity contribution in [1.29, 1.82) is 5.26 Å². The van der Waals surface area contributed by atoms with Crippen LogP contribution in [0.25, 0.3) is 33.5 Å². The van der Waals surface area contributed by atoms with Crippen molar-refractivity contribution in [2.75, 3.05) is 44.4 Å². The molecule has 2 aliphatic rings. The van der Waals surface area contributed by atoms with Gasteiger partial charge in [-0.05, 0) is 61.0 Å². The summed E-state index contributed by atoms with van der Waals surface area (Å²) in [6, 6.07) is 24.0. The fourth-order valence-electron chi connectivity index (χ4n) is 5.97. The molecule has 11 heteroatoms. The second kappa shape index (κ2) is 12.6. The molecule has 5 aromatic rings. The zero-order chi connectivity index (χ0) is 31.7. The van der Waals surface area contributed by atoms with Crippen LogP contribution >= 0.6 is 0 Å². The Morgan fingerprint density at radius 3 is 2.35 bits per heavy atom. The number of hydrogen-bond acceptors (Lipinski definition) is 9. The monoisotopic (exact) mass is 635 g/mol. The van der Waals surface area contributed by atoms with Crippen LogP contribution in [0.15, 0.2) is 83.9 Å². The number of nitrogens with zero attached hydrogens (tertiary/aromatic N) is 5. The molecule has 0 atom stereocenters. The predicted molar refractivity (Wildman–Crippen MR) is 174 cm³/mol. The van der Waals surface area contributed by atoms with E-state index in [-0.39, 0.29) is 22.3 Å². The summed E-state index contributed by atoms with van der Waals surface area (Å²) in [5, 5.41) is 10.6. The number of pyridine rings is 2. The zero-order valence-electron chi connectivity index (χ0n) is 25.4. The molecular formula is C35H33N5O5S. The molecule has 10 nitrogen and oxygen atoms in total. The molecule has 7 rings (SSSR count). The van der Waals surface area contributed by atoms with Crippen molar-refractivity contribution in [1.82, 2.24) is 13.9 Å². The number of morpholine rings is 1. The van der Waals surface area contributed by atoms with Crippen LogP contribution in [-0.4, -0.2) is 68.0 Å². The van der Waals surface area contributed by atoms with E-state index in [0.717, 1.165) is 42.7 Å². The summed E-state index contributed by atoms with van der Waals surface area (Å²) >= 11 is 0. The van der Waals surface area contributed by atoms with E-state index in [1.807, 2.05) is 37.3 Å². The van der Waals surface area contributed by atoms with Crippen LogP contribution in [0.5, 0.6) is 5.75 Å². The Morgan fingerprint density at radius 2 is 1.63 bits per heavy atom. The lowest BCUT2D eigenvalue weighted by molar-refractivity contribution is 0.0253. The first-order valence-electron chi connectivity index (χ1n) is 15.3. The lowest BCUT2D eigenvalue weighted by Crippen LogP contribution is -2.36. The molecule has 3 aromatic heterocycles. The highest BCUT2D eigenvalue weighted by atomic mass is 32.2. The lowest BCUT2D eigenvalue weighted by Gasteiger charge is -2.28. The summed E-state index contributed by atoms with van der Waals surface area (Å²) in [4.78, 5) is 11.7. The third kappa shape index (κ3) is 5.71. The first kappa shape index (κ1) is 29.9. The molecule has 2 fully saturated rings. The molecule has 234 valence electrons. The Labute approximate surface area is 267 Å². The Hall–Kier alpha value is -4.76. The minimum atomic E-state index is -4.06. The number of aryl methyl sites for hydroxylation is 1. The molecule has 0 bridgehead atoms. The fourth-order valence-corrected chi connectivity index (χ4v) is 7.45. The topological polar surface area (TPSA) is 120 Å². The van der Waals surface area contributed by atoms with Crippen molar-refractivity contribution < 1.29 is 22.6 Å². The van der Waals surface area contributed by atoms with E-state index in [4.69, 9.17) is 14.2 Å². The molecule has 0 amide bonds. The highest BCUT2D eigenvalue weighted by Crippen LogP contribution is 2.37. The first-order valence-corrected chi connectivity index (χ1v) is 16.8. The standard InChI is InChI=1S/C35H33N5O5S/c1-24-2-8-28(9-3-24)46(41,42)40-33(25-4-6-26(7-5-25)39-16-20-44-21-17-39)22-30-29(12-15-37-35(30)40)31-10-11-34(32(23-36)38-31)45-27-13-18-43-19-14-27/h2-12,15,22,27H,13-14,16-21H2,1H3. The molecule has 0 saturated carbocycles. The second-order valence-corrected chi connectivity index (χ2v) is 13.2. The first-order chi connectivity index (χ1) is 22.4. The molecule has 0 aliphatic carbocycles. The van der Waals surface area contributed by atoms with Crippen LogP contribution in [0, 0.1) is 18.3 Å². The van der Waals surface area contributed by atoms with Gasteiger partial charge in [0.15, 0.2) is 17.1 Å². The lowest BCUT2D eigenvalue weighted by atomic mass is 10.1. The molecule has 0 unspecified atom stereocenters. The molecule has 2 aliphatic heterocycles. The van der Waals surface area contributed by atoms with Crippen LogP contribution in [0.1, 0.15) is 24.1 Å². The summed E-state index contributed by atoms with van der Waals surface area (Å²) in [5.74, 6) is 0.420. The number of anilines is 1. The Bertz CT molecular complexity index is 2020. The van der Waals surface area contributed by atoms with Gasteiger partial charge >= 0.3 is 0 Å². The summed E-state index contributed by atoms with van der Waals surface area (Å²) in [6.45, 7) is 6.09. The van der Waals surface area contributed by atoms with Gasteiger partial charge in [-0.25, -0.2) is 22.4 Å². The van der Waals surface area contributed by atoms with Crippen molar-refractivity contribution in [3.05, 3.63) is 90.3 Å². The molecule has 0 radical (unpaired) electrons. The van der Waals surface area contributed by atoms with Gasteiger partial charge in [-0.1, -0.05) is 29.8 Å². The van der Waals surface area contributed by atoms with E-state index in [0.29, 0.717) is 54.5 Å². The SMILES string of the molecule is Cc1ccc(S(=O)(=O)n2c(-c3ccc(N4CCOCC4)cc3)cc3c(-c4ccc(OC5CCOCC5)c(C#N)n4)ccnc32)cc1. The molecule has 46 heavy (non-hydrogen) atoms. The molecule has 2 aromatic carbocycles. The third-order valence-corrected chi connectivity index (χ3v) is 10.2. The highest BCUT2D eigenvalue weighted by Gasteiger charge is 2.27. The van der Waals surface area contributed by atoms with E-state index in [9.17, 15) is 13.7 Å². The minimum absolute atomic E-state index is 0.0423. The van der Waals surface area contributed by atoms with Gasteiger partial charge in [-0.3, -0.25) is 0 Å². The third-order valence-electron chi connectivity index (χ3n) is 8.46. The normalized spacial score (nSPS) is 16.0. The minimum Gasteiger partial charge on any atom is -0.487 e. The van der Waals surface area contributed by atoms with Gasteiger partial charge in [0, 0.05) is 48.8 Å². The van der Waals surface area contributed by atoms with Crippen molar-refractivity contribution >= 4 is 26.7 Å². The molecule has 5 heterocycles. The number of benzene rings is 2. The van der Waals surface area contributed by atoms with Gasteiger partial charge in [-0.15, -0.1) is 0 Å². The summed E-state index contributed by atoms with van der Waals surface area (Å²) in [5.41, 5.74) is 4.82. The highest BCUT2D eigenvalue weighted by molar-refractivity contribution is 7.90. The maximum Gasteiger partial charge on any atom is 0.269 e. The average Bonchev–Trinajstić information content (AvgIpc) is 3.51. The molecule has 0 N–H and O–H groups in total. The van der Waals surface area contributed by atoms with Crippen molar-refractivity contribution in [3.63, 3.8) is 0 Å². The van der Waals surface area contributed by atoms with E-state index in [1.165, 1.54) is 3.97 Å². The number of hydrogen-bond donors (Lipinski definition) is 0. The summed E-state index contributed by atoms with van der Waals surface area (Å²) in [7, 11) is -4.06. The Morgan fingerprint density at radius 1 is 0.913 bits per heavy atom. The molecule has 0 spiro atoms. The second-order valence-electron chi connectivity index (χ2n) is 11.4. The van der Waals surface area contributed by atoms with Gasteiger partial charge in [0.05, 0.1) is 42.7 Å². The fraction of sp³-hybridized carbons (Fsp3) is 0.286. The van der Waals surface area contributed by atoms with E-state index in [1.54, 1.807) is 48.7 Å². The maximum atomic E-state index is 14.3. The summed E-state index contributed by atoms with van der Waals surface area (Å²) in [6.07, 6.45) is 3.03. The van der Waals surface area contributed by atoms with Gasteiger partial charge in [-0.2, -0.15) is 5.26 Å². The smallest absolute Gasteiger partial charge is 0.269 e. The Balaban J connectivity index is 1.35. The van der Waals surface area contributed by atoms with Gasteiger partial charge in [0.1, 0.15) is 12.2 Å². The van der Waals surface area contributed by atoms with Crippen LogP contribution in [0.4, 0.5) is 5.69 Å². The number of aromatic nitrogens is 3. The molecule has 2 saturated heterocycles. The predicted octanol–water partition coefficient (Wildman–Crippen LogP) is 5.58. The van der Waals surface area contributed by atoms with Crippen molar-refractivity contribution in [3.8, 4) is 34.3 Å². The maximum absolute atomic E-state index is 14.3. The largest absolute Gasteiger partial charge is 0.487 e. The Kier molecular flexibility index (Phi) is 8.17. The van der Waals surface area contributed by atoms with Crippen molar-refractivity contribution in [2.45, 2.75) is 30.8 Å². The zero-order valence-corrected chi connectivity index (χ0v) is 26.2. The van der Waals surface area contributed by atoms with E-state index < -0.39 is 10.0 Å². The quantitative estimate of drug-likeness (QED) is 0.226. The average molecular weight is 636 g/mol. The number of nitriles is 1. The van der Waals surface area contributed by atoms with Gasteiger partial charge in [0.2, 0.25) is 0 Å². The number of ether oxygens (including phenoxy) is 3. The number of fused-ring (bicyclic) bond motifs is 1.